The molecule has 3 nitrogen and oxygen atoms in total. The van der Waals surface area contributed by atoms with Crippen LogP contribution in [-0.2, 0) is 0 Å². The minimum atomic E-state index is 0.601. The summed E-state index contributed by atoms with van der Waals surface area (Å²) >= 11 is 1.49. The van der Waals surface area contributed by atoms with E-state index >= 15 is 0 Å². The molecule has 4 heteroatoms. The van der Waals surface area contributed by atoms with Gasteiger partial charge in [-0.3, -0.25) is 4.98 Å². The van der Waals surface area contributed by atoms with Crippen molar-refractivity contribution in [3.63, 3.8) is 0 Å². The Morgan fingerprint density at radius 3 is 2.85 bits per heavy atom. The van der Waals surface area contributed by atoms with Crippen LogP contribution >= 0.6 is 11.3 Å². The second kappa shape index (κ2) is 3.14. The van der Waals surface area contributed by atoms with Gasteiger partial charge in [0.25, 0.3) is 0 Å². The van der Waals surface area contributed by atoms with Gasteiger partial charge >= 0.3 is 0 Å². The lowest BCUT2D eigenvalue weighted by Gasteiger charge is -1.96. The lowest BCUT2D eigenvalue weighted by molar-refractivity contribution is 1.20. The smallest absolute Gasteiger partial charge is 0.180 e. The fraction of sp³-hybridized carbons (Fsp3) is 0.111. The average molecular weight is 191 g/mol. The maximum absolute atomic E-state index is 5.55. The Kier molecular flexibility index (Phi) is 1.98. The van der Waals surface area contributed by atoms with Gasteiger partial charge in [-0.1, -0.05) is 11.3 Å². The first kappa shape index (κ1) is 8.19. The van der Waals surface area contributed by atoms with Gasteiger partial charge in [0.2, 0.25) is 0 Å². The molecule has 0 bridgehead atoms. The van der Waals surface area contributed by atoms with Crippen LogP contribution in [0.3, 0.4) is 0 Å². The average Bonchev–Trinajstić information content (AvgIpc) is 2.52. The number of pyridine rings is 1. The van der Waals surface area contributed by atoms with Crippen LogP contribution in [0.2, 0.25) is 0 Å². The summed E-state index contributed by atoms with van der Waals surface area (Å²) in [4.78, 5) is 9.21. The first-order valence-electron chi connectivity index (χ1n) is 3.90. The van der Waals surface area contributed by atoms with E-state index in [0.29, 0.717) is 5.13 Å². The van der Waals surface area contributed by atoms with Crippen LogP contribution in [-0.4, -0.2) is 9.97 Å². The third kappa shape index (κ3) is 1.67. The van der Waals surface area contributed by atoms with Gasteiger partial charge in [0, 0.05) is 18.1 Å². The van der Waals surface area contributed by atoms with Crippen LogP contribution in [0.5, 0.6) is 0 Å². The van der Waals surface area contributed by atoms with E-state index in [1.165, 1.54) is 11.3 Å². The zero-order chi connectivity index (χ0) is 9.26. The third-order valence-corrected chi connectivity index (χ3v) is 2.58. The number of anilines is 1. The van der Waals surface area contributed by atoms with E-state index in [4.69, 9.17) is 5.73 Å². The molecule has 2 rings (SSSR count). The Bertz CT molecular complexity index is 422. The Morgan fingerprint density at radius 1 is 1.38 bits per heavy atom. The molecule has 0 fully saturated rings. The van der Waals surface area contributed by atoms with Gasteiger partial charge in [0.05, 0.1) is 4.88 Å². The topological polar surface area (TPSA) is 51.8 Å². The van der Waals surface area contributed by atoms with E-state index in [9.17, 15) is 0 Å². The Morgan fingerprint density at radius 2 is 2.23 bits per heavy atom. The van der Waals surface area contributed by atoms with E-state index in [1.807, 2.05) is 19.1 Å². The fourth-order valence-corrected chi connectivity index (χ4v) is 1.80. The zero-order valence-corrected chi connectivity index (χ0v) is 8.01. The highest BCUT2D eigenvalue weighted by Gasteiger charge is 2.01. The SMILES string of the molecule is Cc1cc(-c2cnc(N)s2)ccn1. The largest absolute Gasteiger partial charge is 0.375 e. The highest BCUT2D eigenvalue weighted by molar-refractivity contribution is 7.18. The number of nitrogen functional groups attached to an aromatic ring is 1. The van der Waals surface area contributed by atoms with E-state index in [1.54, 1.807) is 12.4 Å². The van der Waals surface area contributed by atoms with Crippen molar-refractivity contribution in [3.8, 4) is 10.4 Å². The normalized spacial score (nSPS) is 10.2. The van der Waals surface area contributed by atoms with Crippen molar-refractivity contribution >= 4 is 16.5 Å². The molecular formula is C9H9N3S. The Hall–Kier alpha value is -1.42. The maximum atomic E-state index is 5.55. The molecule has 0 aliphatic heterocycles. The first-order chi connectivity index (χ1) is 6.25. The molecule has 2 N–H and O–H groups in total. The van der Waals surface area contributed by atoms with Crippen molar-refractivity contribution < 1.29 is 0 Å². The summed E-state index contributed by atoms with van der Waals surface area (Å²) in [6.45, 7) is 1.97. The second-order valence-electron chi connectivity index (χ2n) is 2.75. The molecule has 13 heavy (non-hydrogen) atoms. The molecule has 0 saturated carbocycles. The van der Waals surface area contributed by atoms with Crippen molar-refractivity contribution in [1.29, 1.82) is 0 Å². The summed E-state index contributed by atoms with van der Waals surface area (Å²) in [5, 5.41) is 0.601. The van der Waals surface area contributed by atoms with Gasteiger partial charge < -0.3 is 5.73 Å². The van der Waals surface area contributed by atoms with Crippen LogP contribution in [0.4, 0.5) is 5.13 Å². The number of thiazole rings is 1. The van der Waals surface area contributed by atoms with E-state index < -0.39 is 0 Å². The van der Waals surface area contributed by atoms with Gasteiger partial charge in [-0.15, -0.1) is 0 Å². The molecule has 0 unspecified atom stereocenters. The van der Waals surface area contributed by atoms with Gasteiger partial charge in [-0.2, -0.15) is 0 Å². The standard InChI is InChI=1S/C9H9N3S/c1-6-4-7(2-3-11-6)8-5-12-9(10)13-8/h2-5H,1H3,(H2,10,12). The van der Waals surface area contributed by atoms with Gasteiger partial charge in [-0.05, 0) is 24.6 Å². The molecule has 0 radical (unpaired) electrons. The van der Waals surface area contributed by atoms with E-state index in [2.05, 4.69) is 9.97 Å². The molecule has 2 heterocycles. The number of nitrogens with two attached hydrogens (primary N) is 1. The predicted octanol–water partition coefficient (Wildman–Crippen LogP) is 2.10. The molecule has 66 valence electrons. The molecule has 2 aromatic heterocycles. The molecule has 0 spiro atoms. The van der Waals surface area contributed by atoms with Gasteiger partial charge in [0.15, 0.2) is 5.13 Å². The monoisotopic (exact) mass is 191 g/mol. The summed E-state index contributed by atoms with van der Waals surface area (Å²) in [5.74, 6) is 0. The Labute approximate surface area is 80.3 Å². The highest BCUT2D eigenvalue weighted by atomic mass is 32.1. The third-order valence-electron chi connectivity index (χ3n) is 1.70. The van der Waals surface area contributed by atoms with Crippen molar-refractivity contribution in [1.82, 2.24) is 9.97 Å². The summed E-state index contributed by atoms with van der Waals surface area (Å²) in [6.07, 6.45) is 3.58. The summed E-state index contributed by atoms with van der Waals surface area (Å²) in [6, 6.07) is 3.98. The number of rotatable bonds is 1. The second-order valence-corrected chi connectivity index (χ2v) is 3.81. The van der Waals surface area contributed by atoms with Gasteiger partial charge in [-0.25, -0.2) is 4.98 Å². The van der Waals surface area contributed by atoms with Crippen LogP contribution in [0, 0.1) is 6.92 Å². The zero-order valence-electron chi connectivity index (χ0n) is 7.19. The number of nitrogens with zero attached hydrogens (tertiary/aromatic N) is 2. The molecule has 0 aliphatic carbocycles. The van der Waals surface area contributed by atoms with Crippen molar-refractivity contribution in [2.45, 2.75) is 6.92 Å². The molecular weight excluding hydrogens is 182 g/mol. The summed E-state index contributed by atoms with van der Waals surface area (Å²) in [7, 11) is 0. The van der Waals surface area contributed by atoms with Crippen molar-refractivity contribution in [3.05, 3.63) is 30.2 Å². The lowest BCUT2D eigenvalue weighted by atomic mass is 10.2. The number of hydrogen-bond acceptors (Lipinski definition) is 4. The van der Waals surface area contributed by atoms with Crippen LogP contribution in [0.1, 0.15) is 5.69 Å². The maximum Gasteiger partial charge on any atom is 0.180 e. The summed E-state index contributed by atoms with van der Waals surface area (Å²) < 4.78 is 0. The van der Waals surface area contributed by atoms with Crippen LogP contribution in [0.15, 0.2) is 24.5 Å². The predicted molar refractivity (Wildman–Crippen MR) is 54.5 cm³/mol. The highest BCUT2D eigenvalue weighted by Crippen LogP contribution is 2.26. The lowest BCUT2D eigenvalue weighted by Crippen LogP contribution is -1.79. The number of hydrogen-bond donors (Lipinski definition) is 1. The summed E-state index contributed by atoms with van der Waals surface area (Å²) in [5.41, 5.74) is 7.68. The molecule has 0 aliphatic rings. The van der Waals surface area contributed by atoms with E-state index in [-0.39, 0.29) is 0 Å². The van der Waals surface area contributed by atoms with Gasteiger partial charge in [0.1, 0.15) is 0 Å². The Balaban J connectivity index is 2.46. The van der Waals surface area contributed by atoms with E-state index in [0.717, 1.165) is 16.1 Å². The molecule has 0 amide bonds. The minimum Gasteiger partial charge on any atom is -0.375 e. The van der Waals surface area contributed by atoms with Crippen LogP contribution in [0.25, 0.3) is 10.4 Å². The van der Waals surface area contributed by atoms with Crippen molar-refractivity contribution in [2.75, 3.05) is 5.73 Å². The number of aromatic nitrogens is 2. The molecule has 0 aromatic carbocycles. The molecule has 0 atom stereocenters. The fourth-order valence-electron chi connectivity index (χ4n) is 1.12. The molecule has 0 saturated heterocycles. The minimum absolute atomic E-state index is 0.601. The van der Waals surface area contributed by atoms with Crippen molar-refractivity contribution in [2.24, 2.45) is 0 Å². The van der Waals surface area contributed by atoms with Crippen LogP contribution < -0.4 is 5.73 Å². The first-order valence-corrected chi connectivity index (χ1v) is 4.72. The quantitative estimate of drug-likeness (QED) is 0.751. The number of aryl methyl sites for hydroxylation is 1. The molecule has 2 aromatic rings.